The Morgan fingerprint density at radius 3 is 2.32 bits per heavy atom. The molecule has 0 bridgehead atoms. The quantitative estimate of drug-likeness (QED) is 0.381. The number of aliphatic hydroxyl groups is 1. The lowest BCUT2D eigenvalue weighted by Gasteiger charge is -2.15. The zero-order chi connectivity index (χ0) is 23.1. The zero-order valence-corrected chi connectivity index (χ0v) is 18.7. The number of halogens is 1. The third kappa shape index (κ3) is 10.9. The molecule has 2 aromatic carbocycles. The molecule has 0 saturated carbocycles. The SMILES string of the molecule is CCOC(CCc1ccc(Cl)cc1)CC(=O)NO.CN(CCO)C(=O)c1ccccc1. The minimum absolute atomic E-state index is 0.00489. The summed E-state index contributed by atoms with van der Waals surface area (Å²) in [7, 11) is 1.67. The minimum atomic E-state index is -0.426. The molecule has 2 aromatic rings. The van der Waals surface area contributed by atoms with Crippen molar-refractivity contribution in [2.45, 2.75) is 32.3 Å². The fraction of sp³-hybridized carbons (Fsp3) is 0.391. The Morgan fingerprint density at radius 1 is 1.13 bits per heavy atom. The normalized spacial score (nSPS) is 11.1. The second-order valence-electron chi connectivity index (χ2n) is 6.80. The van der Waals surface area contributed by atoms with Crippen LogP contribution in [0.25, 0.3) is 0 Å². The molecule has 1 unspecified atom stereocenters. The number of nitrogens with one attached hydrogen (secondary N) is 1. The zero-order valence-electron chi connectivity index (χ0n) is 18.0. The maximum atomic E-state index is 11.5. The lowest BCUT2D eigenvalue weighted by Crippen LogP contribution is -2.29. The van der Waals surface area contributed by atoms with Gasteiger partial charge >= 0.3 is 0 Å². The van der Waals surface area contributed by atoms with Gasteiger partial charge in [0.2, 0.25) is 5.91 Å². The summed E-state index contributed by atoms with van der Waals surface area (Å²) in [6, 6.07) is 16.6. The first-order chi connectivity index (χ1) is 14.9. The predicted octanol–water partition coefficient (Wildman–Crippen LogP) is 3.32. The first-order valence-electron chi connectivity index (χ1n) is 10.1. The van der Waals surface area contributed by atoms with Crippen LogP contribution in [0, 0.1) is 0 Å². The van der Waals surface area contributed by atoms with Crippen molar-refractivity contribution in [2.75, 3.05) is 26.8 Å². The summed E-state index contributed by atoms with van der Waals surface area (Å²) >= 11 is 5.81. The van der Waals surface area contributed by atoms with E-state index < -0.39 is 5.91 Å². The molecular formula is C23H31ClN2O5. The topological polar surface area (TPSA) is 99.1 Å². The fourth-order valence-electron chi connectivity index (χ4n) is 2.76. The highest BCUT2D eigenvalue weighted by Crippen LogP contribution is 2.14. The molecule has 3 N–H and O–H groups in total. The monoisotopic (exact) mass is 450 g/mol. The van der Waals surface area contributed by atoms with Crippen molar-refractivity contribution in [3.63, 3.8) is 0 Å². The van der Waals surface area contributed by atoms with Crippen molar-refractivity contribution < 1.29 is 24.6 Å². The van der Waals surface area contributed by atoms with Gasteiger partial charge in [-0.05, 0) is 49.6 Å². The van der Waals surface area contributed by atoms with Crippen molar-refractivity contribution in [1.82, 2.24) is 10.4 Å². The number of carbonyl (C=O) groups is 2. The van der Waals surface area contributed by atoms with Crippen LogP contribution in [0.15, 0.2) is 54.6 Å². The average molecular weight is 451 g/mol. The highest BCUT2D eigenvalue weighted by atomic mass is 35.5. The minimum Gasteiger partial charge on any atom is -0.395 e. The number of rotatable bonds is 10. The molecule has 0 radical (unpaired) electrons. The molecule has 2 amide bonds. The van der Waals surface area contributed by atoms with Gasteiger partial charge in [0.15, 0.2) is 0 Å². The van der Waals surface area contributed by atoms with Crippen LogP contribution in [0.3, 0.4) is 0 Å². The van der Waals surface area contributed by atoms with Crippen LogP contribution < -0.4 is 5.48 Å². The standard InChI is InChI=1S/C13H18ClNO3.C10H13NO2/c1-2-18-12(9-13(16)15-17)8-5-10-3-6-11(14)7-4-10;1-11(7-8-12)10(13)9-5-3-2-4-6-9/h3-4,6-7,12,17H,2,5,8-9H2,1H3,(H,15,16);2-6,12H,7-8H2,1H3. The summed E-state index contributed by atoms with van der Waals surface area (Å²) in [6.07, 6.45) is 1.51. The van der Waals surface area contributed by atoms with Crippen LogP contribution in [0.4, 0.5) is 0 Å². The molecule has 0 aliphatic rings. The number of hydrogen-bond donors (Lipinski definition) is 3. The van der Waals surface area contributed by atoms with E-state index in [0.29, 0.717) is 23.7 Å². The molecule has 0 saturated heterocycles. The maximum absolute atomic E-state index is 11.5. The summed E-state index contributed by atoms with van der Waals surface area (Å²) < 4.78 is 5.46. The van der Waals surface area contributed by atoms with E-state index >= 15 is 0 Å². The van der Waals surface area contributed by atoms with E-state index in [0.717, 1.165) is 18.4 Å². The van der Waals surface area contributed by atoms with Crippen LogP contribution in [-0.2, 0) is 16.0 Å². The Labute approximate surface area is 188 Å². The smallest absolute Gasteiger partial charge is 0.253 e. The number of hydrogen-bond acceptors (Lipinski definition) is 5. The van der Waals surface area contributed by atoms with E-state index in [-0.39, 0.29) is 25.0 Å². The van der Waals surface area contributed by atoms with E-state index in [9.17, 15) is 9.59 Å². The molecule has 0 spiro atoms. The van der Waals surface area contributed by atoms with E-state index in [1.165, 1.54) is 4.90 Å². The average Bonchev–Trinajstić information content (AvgIpc) is 2.79. The number of amides is 2. The van der Waals surface area contributed by atoms with Gasteiger partial charge in [-0.25, -0.2) is 5.48 Å². The van der Waals surface area contributed by atoms with Gasteiger partial charge in [0.1, 0.15) is 0 Å². The molecule has 0 aromatic heterocycles. The van der Waals surface area contributed by atoms with Crippen molar-refractivity contribution in [1.29, 1.82) is 0 Å². The second-order valence-corrected chi connectivity index (χ2v) is 7.23. The molecule has 170 valence electrons. The molecule has 0 aliphatic carbocycles. The third-order valence-corrected chi connectivity index (χ3v) is 4.66. The van der Waals surface area contributed by atoms with Gasteiger partial charge in [-0.15, -0.1) is 0 Å². The lowest BCUT2D eigenvalue weighted by atomic mass is 10.0. The molecule has 0 heterocycles. The first-order valence-corrected chi connectivity index (χ1v) is 10.5. The number of benzene rings is 2. The highest BCUT2D eigenvalue weighted by molar-refractivity contribution is 6.30. The molecule has 0 fully saturated rings. The van der Waals surface area contributed by atoms with Gasteiger partial charge in [0.05, 0.1) is 19.1 Å². The summed E-state index contributed by atoms with van der Waals surface area (Å²) in [4.78, 5) is 24.1. The Morgan fingerprint density at radius 2 is 1.77 bits per heavy atom. The fourth-order valence-corrected chi connectivity index (χ4v) is 2.89. The number of nitrogens with zero attached hydrogens (tertiary/aromatic N) is 1. The number of carbonyl (C=O) groups excluding carboxylic acids is 2. The summed E-state index contributed by atoms with van der Waals surface area (Å²) in [5.41, 5.74) is 3.42. The summed E-state index contributed by atoms with van der Waals surface area (Å²) in [5, 5.41) is 17.8. The molecule has 2 rings (SSSR count). The Bertz CT molecular complexity index is 771. The van der Waals surface area contributed by atoms with E-state index in [1.807, 2.05) is 49.4 Å². The number of aliphatic hydroxyl groups excluding tert-OH is 1. The molecule has 1 atom stereocenters. The van der Waals surface area contributed by atoms with E-state index in [1.54, 1.807) is 24.7 Å². The summed E-state index contributed by atoms with van der Waals surface area (Å²) in [5.74, 6) is -0.487. The second kappa shape index (κ2) is 15.4. The van der Waals surface area contributed by atoms with E-state index in [4.69, 9.17) is 26.7 Å². The van der Waals surface area contributed by atoms with Crippen LogP contribution in [0.1, 0.15) is 35.7 Å². The van der Waals surface area contributed by atoms with Crippen LogP contribution >= 0.6 is 11.6 Å². The van der Waals surface area contributed by atoms with Gasteiger partial charge in [0.25, 0.3) is 5.91 Å². The van der Waals surface area contributed by atoms with Gasteiger partial charge in [-0.1, -0.05) is 41.9 Å². The molecule has 31 heavy (non-hydrogen) atoms. The molecule has 0 aliphatic heterocycles. The van der Waals surface area contributed by atoms with Gasteiger partial charge in [0, 0.05) is 30.8 Å². The van der Waals surface area contributed by atoms with Crippen LogP contribution in [0.5, 0.6) is 0 Å². The lowest BCUT2D eigenvalue weighted by molar-refractivity contribution is -0.132. The largest absolute Gasteiger partial charge is 0.395 e. The van der Waals surface area contributed by atoms with E-state index in [2.05, 4.69) is 0 Å². The predicted molar refractivity (Wildman–Crippen MR) is 120 cm³/mol. The summed E-state index contributed by atoms with van der Waals surface area (Å²) in [6.45, 7) is 2.79. The van der Waals surface area contributed by atoms with Gasteiger partial charge in [-0.3, -0.25) is 14.8 Å². The number of hydroxylamine groups is 1. The van der Waals surface area contributed by atoms with Crippen molar-refractivity contribution >= 4 is 23.4 Å². The Hall–Kier alpha value is -2.45. The van der Waals surface area contributed by atoms with Crippen molar-refractivity contribution in [2.24, 2.45) is 0 Å². The van der Waals surface area contributed by atoms with Crippen LogP contribution in [-0.4, -0.2) is 59.9 Å². The van der Waals surface area contributed by atoms with Gasteiger partial charge in [-0.2, -0.15) is 0 Å². The Balaban J connectivity index is 0.000000327. The van der Waals surface area contributed by atoms with Crippen LogP contribution in [0.2, 0.25) is 5.02 Å². The number of ether oxygens (including phenoxy) is 1. The highest BCUT2D eigenvalue weighted by Gasteiger charge is 2.13. The maximum Gasteiger partial charge on any atom is 0.253 e. The number of likely N-dealkylation sites (N-methyl/N-ethyl adjacent to an activating group) is 1. The third-order valence-electron chi connectivity index (χ3n) is 4.41. The molecule has 8 heteroatoms. The van der Waals surface area contributed by atoms with Gasteiger partial charge < -0.3 is 14.7 Å². The number of aryl methyl sites for hydroxylation is 1. The Kier molecular flexibility index (Phi) is 13.2. The first kappa shape index (κ1) is 26.6. The molecule has 7 nitrogen and oxygen atoms in total. The van der Waals surface area contributed by atoms with Crippen molar-refractivity contribution in [3.8, 4) is 0 Å². The van der Waals surface area contributed by atoms with Crippen molar-refractivity contribution in [3.05, 3.63) is 70.7 Å². The molecular weight excluding hydrogens is 420 g/mol.